The van der Waals surface area contributed by atoms with E-state index in [1.165, 1.54) is 41.0 Å². The second-order valence-electron chi connectivity index (χ2n) is 31.0. The fourth-order valence-corrected chi connectivity index (χ4v) is 18.0. The van der Waals surface area contributed by atoms with E-state index >= 15 is 8.78 Å². The Labute approximate surface area is 556 Å². The third kappa shape index (κ3) is 14.4. The molecule has 0 saturated carbocycles. The van der Waals surface area contributed by atoms with Gasteiger partial charge in [-0.15, -0.1) is 0 Å². The van der Waals surface area contributed by atoms with Gasteiger partial charge in [0.15, 0.2) is 0 Å². The molecule has 0 aliphatic carbocycles. The number of rotatable bonds is 25. The first-order valence-electron chi connectivity index (χ1n) is 34.4. The maximum atomic E-state index is 16.3. The highest BCUT2D eigenvalue weighted by atomic mass is 32.3. The summed E-state index contributed by atoms with van der Waals surface area (Å²) in [7, 11) is -1.95. The predicted octanol–water partition coefficient (Wildman–Crippen LogP) is 24.4. The summed E-state index contributed by atoms with van der Waals surface area (Å²) in [5.41, 5.74) is 12.1. The average Bonchev–Trinajstić information content (AvgIpc) is 1.62. The molecular weight excluding hydrogens is 1170 g/mol. The van der Waals surface area contributed by atoms with Crippen molar-refractivity contribution < 1.29 is 28.5 Å². The molecule has 0 unspecified atom stereocenters. The van der Waals surface area contributed by atoms with Gasteiger partial charge in [0.2, 0.25) is 0 Å². The van der Waals surface area contributed by atoms with Crippen molar-refractivity contribution in [2.24, 2.45) is 10.8 Å². The SMILES string of the molecule is CCCCc1ccc2c(c1)c1ccccc1n2-c1cc(C(C)(C)CC(C)(C)C)cc(-c2cc(F)ccc2OCS(COc2ccc(F)cc2-c2cc(C(C)(C)CC(C)(C)C)cc(-n3c4ccc(CCCC)cc4c4cc(CCCC)ccc43)c2O)(C(C)C)C(C)C)c1O. The van der Waals surface area contributed by atoms with Crippen LogP contribution < -0.4 is 9.47 Å². The first-order valence-corrected chi connectivity index (χ1v) is 36.5. The maximum Gasteiger partial charge on any atom is 0.147 e. The predicted molar refractivity (Wildman–Crippen MR) is 395 cm³/mol. The number of unbranched alkanes of at least 4 members (excludes halogenated alkanes) is 3. The third-order valence-electron chi connectivity index (χ3n) is 19.5. The van der Waals surface area contributed by atoms with Crippen LogP contribution in [0.5, 0.6) is 23.0 Å². The topological polar surface area (TPSA) is 68.8 Å². The van der Waals surface area contributed by atoms with E-state index in [9.17, 15) is 10.2 Å². The number of halogens is 2. The molecule has 8 aromatic carbocycles. The molecule has 0 spiro atoms. The van der Waals surface area contributed by atoms with Crippen LogP contribution in [0, 0.1) is 22.5 Å². The molecule has 2 N–H and O–H groups in total. The van der Waals surface area contributed by atoms with E-state index in [1.807, 2.05) is 12.1 Å². The molecule has 2 heterocycles. The van der Waals surface area contributed by atoms with Gasteiger partial charge in [-0.1, -0.05) is 173 Å². The van der Waals surface area contributed by atoms with E-state index in [-0.39, 0.29) is 55.5 Å². The molecule has 10 aromatic rings. The molecule has 6 nitrogen and oxygen atoms in total. The number of para-hydroxylation sites is 1. The molecule has 0 radical (unpaired) electrons. The Morgan fingerprint density at radius 3 is 1.13 bits per heavy atom. The van der Waals surface area contributed by atoms with Gasteiger partial charge < -0.3 is 28.8 Å². The summed E-state index contributed by atoms with van der Waals surface area (Å²) in [5.74, 6) is 0.549. The van der Waals surface area contributed by atoms with Crippen molar-refractivity contribution in [2.75, 3.05) is 11.9 Å². The zero-order valence-electron chi connectivity index (χ0n) is 58.9. The number of fused-ring (bicyclic) bond motifs is 6. The Morgan fingerprint density at radius 1 is 0.419 bits per heavy atom. The van der Waals surface area contributed by atoms with Crippen LogP contribution in [0.25, 0.3) is 77.2 Å². The maximum absolute atomic E-state index is 16.3. The number of aromatic nitrogens is 2. The number of hydrogen-bond acceptors (Lipinski definition) is 4. The quantitative estimate of drug-likeness (QED) is 0.0598. The van der Waals surface area contributed by atoms with Gasteiger partial charge in [-0.3, -0.25) is 0 Å². The molecule has 0 amide bonds. The van der Waals surface area contributed by atoms with E-state index < -0.39 is 21.7 Å². The van der Waals surface area contributed by atoms with Crippen molar-refractivity contribution in [1.82, 2.24) is 9.13 Å². The largest absolute Gasteiger partial charge is 0.505 e. The number of phenols is 2. The van der Waals surface area contributed by atoms with Gasteiger partial charge in [0.1, 0.15) is 46.5 Å². The molecule has 0 bridgehead atoms. The van der Waals surface area contributed by atoms with E-state index in [1.54, 1.807) is 12.1 Å². The van der Waals surface area contributed by atoms with Crippen LogP contribution in [0.2, 0.25) is 0 Å². The molecule has 0 atom stereocenters. The Hall–Kier alpha value is -7.23. The van der Waals surface area contributed by atoms with Crippen LogP contribution in [-0.2, 0) is 30.1 Å². The first kappa shape index (κ1) is 68.6. The van der Waals surface area contributed by atoms with Gasteiger partial charge in [0, 0.05) is 43.8 Å². The number of phenolic OH excluding ortho intramolecular Hbond substituents is 2. The molecule has 0 saturated heterocycles. The number of ether oxygens (including phenoxy) is 2. The van der Waals surface area contributed by atoms with Crippen molar-refractivity contribution in [3.63, 3.8) is 0 Å². The molecule has 9 heteroatoms. The molecule has 2 aromatic heterocycles. The van der Waals surface area contributed by atoms with Crippen LogP contribution in [-0.4, -0.2) is 41.7 Å². The van der Waals surface area contributed by atoms with Gasteiger partial charge in [-0.2, -0.15) is 10.0 Å². The number of nitrogens with zero attached hydrogens (tertiary/aromatic N) is 2. The highest BCUT2D eigenvalue weighted by molar-refractivity contribution is 8.34. The van der Waals surface area contributed by atoms with Crippen molar-refractivity contribution in [3.8, 4) is 56.6 Å². The summed E-state index contributed by atoms with van der Waals surface area (Å²) in [6.07, 6.45) is 11.3. The fraction of sp³-hybridized carbons (Fsp3) is 0.429. The van der Waals surface area contributed by atoms with Crippen molar-refractivity contribution in [3.05, 3.63) is 179 Å². The molecule has 0 aliphatic rings. The van der Waals surface area contributed by atoms with Gasteiger partial charge >= 0.3 is 0 Å². The summed E-state index contributed by atoms with van der Waals surface area (Å²) in [5, 5.41) is 31.0. The summed E-state index contributed by atoms with van der Waals surface area (Å²) >= 11 is 0. The molecule has 494 valence electrons. The lowest BCUT2D eigenvalue weighted by Crippen LogP contribution is -2.31. The standard InChI is InChI=1S/C84H104F2N2O4S/c1-18-21-26-56-31-36-72-64(41-56)63-29-24-25-30-71(63)87(72)75-46-59(83(14,15)50-81(8,9)10)44-69(79(75)89)67-48-61(85)34-39-77(67)91-52-93(54(4)5,55(6)7)53-92-78-40-35-62(86)49-68(78)70-45-60(84(16,17)51-82(11,12)13)47-76(80(70)90)88-73-37-32-57(27-22-19-2)42-65(73)66-43-58(28-23-20-3)33-38-74(66)88/h24-25,29-49,54-55,89-90H,18-23,26-28,50-53H2,1-17H3. The Morgan fingerprint density at radius 2 is 0.774 bits per heavy atom. The average molecular weight is 1280 g/mol. The Kier molecular flexibility index (Phi) is 20.1. The summed E-state index contributed by atoms with van der Waals surface area (Å²) in [6.45, 7) is 38.1. The highest BCUT2D eigenvalue weighted by Crippen LogP contribution is 2.58. The fourth-order valence-electron chi connectivity index (χ4n) is 15.0. The van der Waals surface area contributed by atoms with E-state index in [0.29, 0.717) is 45.1 Å². The monoisotopic (exact) mass is 1270 g/mol. The molecule has 10 rings (SSSR count). The minimum Gasteiger partial charge on any atom is -0.505 e. The van der Waals surface area contributed by atoms with Crippen LogP contribution in [0.3, 0.4) is 0 Å². The van der Waals surface area contributed by atoms with Crippen LogP contribution in [0.1, 0.15) is 197 Å². The lowest BCUT2D eigenvalue weighted by molar-refractivity contribution is 0.283. The van der Waals surface area contributed by atoms with Crippen LogP contribution in [0.4, 0.5) is 8.78 Å². The van der Waals surface area contributed by atoms with Gasteiger partial charge in [-0.25, -0.2) is 8.78 Å². The number of hydrogen-bond donors (Lipinski definition) is 2. The normalized spacial score (nSPS) is 13.0. The summed E-state index contributed by atoms with van der Waals surface area (Å²) in [4.78, 5) is 0. The second-order valence-corrected chi connectivity index (χ2v) is 35.4. The highest BCUT2D eigenvalue weighted by Gasteiger charge is 2.37. The van der Waals surface area contributed by atoms with Crippen molar-refractivity contribution >= 4 is 53.6 Å². The van der Waals surface area contributed by atoms with Crippen molar-refractivity contribution in [2.45, 2.75) is 210 Å². The number of aryl methyl sites for hydroxylation is 3. The minimum atomic E-state index is -1.95. The second kappa shape index (κ2) is 27.2. The van der Waals surface area contributed by atoms with Gasteiger partial charge in [0.25, 0.3) is 0 Å². The first-order chi connectivity index (χ1) is 44.0. The lowest BCUT2D eigenvalue weighted by Gasteiger charge is -2.46. The van der Waals surface area contributed by atoms with Crippen LogP contribution in [0.15, 0.2) is 140 Å². The third-order valence-corrected chi connectivity index (χ3v) is 24.3. The summed E-state index contributed by atoms with van der Waals surface area (Å²) in [6, 6.07) is 46.4. The molecule has 0 fully saturated rings. The molecule has 93 heavy (non-hydrogen) atoms. The van der Waals surface area contributed by atoms with Gasteiger partial charge in [0.05, 0.1) is 33.4 Å². The Bertz CT molecular complexity index is 4260. The number of benzene rings is 8. The number of aromatic hydroxyl groups is 2. The van der Waals surface area contributed by atoms with Crippen LogP contribution >= 0.6 is 10.0 Å². The Balaban J connectivity index is 1.08. The smallest absolute Gasteiger partial charge is 0.147 e. The molecule has 0 aliphatic heterocycles. The molecular formula is C84H104F2N2O4S. The summed E-state index contributed by atoms with van der Waals surface area (Å²) < 4.78 is 51.3. The van der Waals surface area contributed by atoms with E-state index in [0.717, 1.165) is 125 Å². The van der Waals surface area contributed by atoms with E-state index in [4.69, 9.17) is 9.47 Å². The zero-order chi connectivity index (χ0) is 67.1. The van der Waals surface area contributed by atoms with Gasteiger partial charge in [-0.05, 0) is 214 Å². The lowest BCUT2D eigenvalue weighted by atomic mass is 9.71. The van der Waals surface area contributed by atoms with Crippen molar-refractivity contribution in [1.29, 1.82) is 0 Å². The minimum absolute atomic E-state index is 0.0282. The zero-order valence-corrected chi connectivity index (χ0v) is 59.7. The van der Waals surface area contributed by atoms with E-state index in [2.05, 4.69) is 218 Å².